The lowest BCUT2D eigenvalue weighted by Crippen LogP contribution is -2.44. The first-order valence-corrected chi connectivity index (χ1v) is 10.8. The summed E-state index contributed by atoms with van der Waals surface area (Å²) in [6.45, 7) is 6.22. The van der Waals surface area contributed by atoms with Gasteiger partial charge >= 0.3 is 5.97 Å². The highest BCUT2D eigenvalue weighted by atomic mass is 16.5. The molecular weight excluding hydrogens is 436 g/mol. The lowest BCUT2D eigenvalue weighted by atomic mass is 10.1. The Kier molecular flexibility index (Phi) is 6.02. The zero-order chi connectivity index (χ0) is 24.6. The summed E-state index contributed by atoms with van der Waals surface area (Å²) in [6, 6.07) is 13.2. The highest BCUT2D eigenvalue weighted by molar-refractivity contribution is 6.22. The summed E-state index contributed by atoms with van der Waals surface area (Å²) >= 11 is 0. The third-order valence-electron chi connectivity index (χ3n) is 5.70. The Balaban J connectivity index is 1.39. The summed E-state index contributed by atoms with van der Waals surface area (Å²) < 4.78 is 6.83. The fraction of sp³-hybridized carbons (Fsp3) is 0.240. The number of aryl methyl sites for hydroxylation is 2. The van der Waals surface area contributed by atoms with Gasteiger partial charge in [-0.05, 0) is 52.0 Å². The van der Waals surface area contributed by atoms with Gasteiger partial charge in [-0.3, -0.25) is 19.3 Å². The molecule has 0 radical (unpaired) electrons. The molecule has 2 aromatic carbocycles. The highest BCUT2D eigenvalue weighted by Gasteiger charge is 2.41. The van der Waals surface area contributed by atoms with Gasteiger partial charge in [-0.15, -0.1) is 0 Å². The van der Waals surface area contributed by atoms with Crippen molar-refractivity contribution in [2.45, 2.75) is 33.7 Å². The third kappa shape index (κ3) is 4.07. The van der Waals surface area contributed by atoms with Gasteiger partial charge in [-0.25, -0.2) is 9.48 Å². The maximum atomic E-state index is 12.7. The van der Waals surface area contributed by atoms with E-state index in [9.17, 15) is 19.2 Å². The van der Waals surface area contributed by atoms with Crippen LogP contribution in [0.25, 0.3) is 5.69 Å². The SMILES string of the molecule is Cc1ccc2c(c1)C(=O)N(C(C)C(=O)OCC(=O)Nc1c(C)nn(-c3ccccc3)c1C)C2=O. The van der Waals surface area contributed by atoms with Crippen LogP contribution >= 0.6 is 0 Å². The second-order valence-electron chi connectivity index (χ2n) is 8.15. The van der Waals surface area contributed by atoms with E-state index in [1.807, 2.05) is 44.2 Å². The van der Waals surface area contributed by atoms with Crippen LogP contribution < -0.4 is 5.32 Å². The van der Waals surface area contributed by atoms with Crippen molar-refractivity contribution in [3.05, 3.63) is 76.6 Å². The number of anilines is 1. The van der Waals surface area contributed by atoms with Crippen molar-refractivity contribution in [3.63, 3.8) is 0 Å². The molecule has 1 aliphatic heterocycles. The molecule has 3 amide bonds. The van der Waals surface area contributed by atoms with Crippen LogP contribution in [-0.4, -0.2) is 51.0 Å². The standard InChI is InChI=1S/C25H24N4O5/c1-14-10-11-19-20(12-14)24(32)28(23(19)31)17(4)25(33)34-13-21(30)26-22-15(2)27-29(16(22)3)18-8-6-5-7-9-18/h5-12,17H,13H2,1-4H3,(H,26,30). The summed E-state index contributed by atoms with van der Waals surface area (Å²) in [5.74, 6) is -2.53. The Morgan fingerprint density at radius 3 is 2.38 bits per heavy atom. The van der Waals surface area contributed by atoms with Gasteiger partial charge in [0.15, 0.2) is 6.61 Å². The topological polar surface area (TPSA) is 111 Å². The number of esters is 1. The van der Waals surface area contributed by atoms with Crippen LogP contribution in [0.3, 0.4) is 0 Å². The fourth-order valence-corrected chi connectivity index (χ4v) is 3.91. The molecule has 0 spiro atoms. The van der Waals surface area contributed by atoms with Crippen molar-refractivity contribution >= 4 is 29.4 Å². The third-order valence-corrected chi connectivity index (χ3v) is 5.70. The zero-order valence-corrected chi connectivity index (χ0v) is 19.3. The fourth-order valence-electron chi connectivity index (χ4n) is 3.91. The number of nitrogens with zero attached hydrogens (tertiary/aromatic N) is 3. The average molecular weight is 460 g/mol. The van der Waals surface area contributed by atoms with Gasteiger partial charge in [0.1, 0.15) is 6.04 Å². The van der Waals surface area contributed by atoms with Crippen LogP contribution in [-0.2, 0) is 14.3 Å². The van der Waals surface area contributed by atoms with E-state index >= 15 is 0 Å². The number of amides is 3. The minimum Gasteiger partial charge on any atom is -0.454 e. The molecule has 0 bridgehead atoms. The first-order valence-electron chi connectivity index (χ1n) is 10.8. The summed E-state index contributed by atoms with van der Waals surface area (Å²) in [5.41, 5.74) is 4.02. The van der Waals surface area contributed by atoms with Crippen LogP contribution in [0.2, 0.25) is 0 Å². The molecule has 0 saturated heterocycles. The van der Waals surface area contributed by atoms with Crippen molar-refractivity contribution in [1.29, 1.82) is 0 Å². The number of aromatic nitrogens is 2. The van der Waals surface area contributed by atoms with E-state index < -0.39 is 36.3 Å². The van der Waals surface area contributed by atoms with E-state index in [0.29, 0.717) is 11.4 Å². The number of hydrogen-bond acceptors (Lipinski definition) is 6. The quantitative estimate of drug-likeness (QED) is 0.447. The van der Waals surface area contributed by atoms with Crippen molar-refractivity contribution in [3.8, 4) is 5.69 Å². The van der Waals surface area contributed by atoms with E-state index in [0.717, 1.165) is 21.8 Å². The molecule has 1 unspecified atom stereocenters. The van der Waals surface area contributed by atoms with Crippen molar-refractivity contribution < 1.29 is 23.9 Å². The Morgan fingerprint density at radius 2 is 1.68 bits per heavy atom. The molecule has 0 fully saturated rings. The van der Waals surface area contributed by atoms with Crippen LogP contribution in [0, 0.1) is 20.8 Å². The van der Waals surface area contributed by atoms with Crippen LogP contribution in [0.15, 0.2) is 48.5 Å². The van der Waals surface area contributed by atoms with Crippen LogP contribution in [0.4, 0.5) is 5.69 Å². The van der Waals surface area contributed by atoms with Gasteiger partial charge in [-0.2, -0.15) is 5.10 Å². The number of ether oxygens (including phenoxy) is 1. The number of carbonyl (C=O) groups is 4. The Morgan fingerprint density at radius 1 is 1.00 bits per heavy atom. The van der Waals surface area contributed by atoms with Crippen molar-refractivity contribution in [1.82, 2.24) is 14.7 Å². The number of rotatable bonds is 6. The molecule has 1 aromatic heterocycles. The van der Waals surface area contributed by atoms with Gasteiger partial charge in [-0.1, -0.05) is 29.8 Å². The van der Waals surface area contributed by atoms with Crippen molar-refractivity contribution in [2.24, 2.45) is 0 Å². The molecule has 9 heteroatoms. The van der Waals surface area contributed by atoms with Crippen LogP contribution in [0.5, 0.6) is 0 Å². The molecule has 0 saturated carbocycles. The summed E-state index contributed by atoms with van der Waals surface area (Å²) in [7, 11) is 0. The number of carbonyl (C=O) groups excluding carboxylic acids is 4. The monoisotopic (exact) mass is 460 g/mol. The molecule has 1 aliphatic rings. The molecule has 2 heterocycles. The smallest absolute Gasteiger partial charge is 0.329 e. The highest BCUT2D eigenvalue weighted by Crippen LogP contribution is 2.26. The number of para-hydroxylation sites is 1. The summed E-state index contributed by atoms with van der Waals surface area (Å²) in [6.07, 6.45) is 0. The molecule has 0 aliphatic carbocycles. The predicted octanol–water partition coefficient (Wildman–Crippen LogP) is 2.96. The minimum atomic E-state index is -1.18. The van der Waals surface area contributed by atoms with E-state index in [4.69, 9.17) is 4.74 Å². The van der Waals surface area contributed by atoms with E-state index in [-0.39, 0.29) is 11.1 Å². The van der Waals surface area contributed by atoms with Gasteiger partial charge in [0.2, 0.25) is 0 Å². The Hall–Kier alpha value is -4.27. The molecule has 34 heavy (non-hydrogen) atoms. The summed E-state index contributed by atoms with van der Waals surface area (Å²) in [5, 5.41) is 7.19. The molecule has 4 rings (SSSR count). The Bertz CT molecular complexity index is 1310. The predicted molar refractivity (Wildman–Crippen MR) is 124 cm³/mol. The number of benzene rings is 2. The normalized spacial score (nSPS) is 13.6. The lowest BCUT2D eigenvalue weighted by molar-refractivity contribution is -0.150. The van der Waals surface area contributed by atoms with Crippen LogP contribution in [0.1, 0.15) is 44.6 Å². The minimum absolute atomic E-state index is 0.245. The first kappa shape index (κ1) is 22.9. The molecule has 1 N–H and O–H groups in total. The zero-order valence-electron chi connectivity index (χ0n) is 19.3. The molecule has 1 atom stereocenters. The van der Waals surface area contributed by atoms with E-state index in [1.54, 1.807) is 29.8 Å². The second kappa shape index (κ2) is 8.93. The van der Waals surface area contributed by atoms with Gasteiger partial charge in [0.05, 0.1) is 33.9 Å². The maximum absolute atomic E-state index is 12.7. The Labute approximate surface area is 196 Å². The largest absolute Gasteiger partial charge is 0.454 e. The summed E-state index contributed by atoms with van der Waals surface area (Å²) in [4.78, 5) is 51.2. The molecule has 9 nitrogen and oxygen atoms in total. The molecule has 174 valence electrons. The average Bonchev–Trinajstić information content (AvgIpc) is 3.24. The number of imide groups is 1. The molecule has 3 aromatic rings. The van der Waals surface area contributed by atoms with Gasteiger partial charge < -0.3 is 10.1 Å². The van der Waals surface area contributed by atoms with E-state index in [1.165, 1.54) is 6.92 Å². The number of hydrogen-bond donors (Lipinski definition) is 1. The maximum Gasteiger partial charge on any atom is 0.329 e. The van der Waals surface area contributed by atoms with E-state index in [2.05, 4.69) is 10.4 Å². The first-order chi connectivity index (χ1) is 16.2. The van der Waals surface area contributed by atoms with Gasteiger partial charge in [0, 0.05) is 0 Å². The number of nitrogens with one attached hydrogen (secondary N) is 1. The molecular formula is C25H24N4O5. The van der Waals surface area contributed by atoms with Gasteiger partial charge in [0.25, 0.3) is 17.7 Å². The number of fused-ring (bicyclic) bond motifs is 1. The van der Waals surface area contributed by atoms with Crippen molar-refractivity contribution in [2.75, 3.05) is 11.9 Å². The second-order valence-corrected chi connectivity index (χ2v) is 8.15. The lowest BCUT2D eigenvalue weighted by Gasteiger charge is -2.20.